The number of carbonyl (C=O) groups excluding carboxylic acids is 1. The topological polar surface area (TPSA) is 20.3 Å². The molecule has 2 nitrogen and oxygen atoms in total. The number of amides is 1. The highest BCUT2D eigenvalue weighted by Crippen LogP contribution is 2.27. The van der Waals surface area contributed by atoms with Crippen LogP contribution in [0.2, 0.25) is 0 Å². The van der Waals surface area contributed by atoms with Gasteiger partial charge in [-0.2, -0.15) is 0 Å². The summed E-state index contributed by atoms with van der Waals surface area (Å²) in [7, 11) is 0. The second-order valence-electron chi connectivity index (χ2n) is 4.44. The molecule has 0 N–H and O–H groups in total. The lowest BCUT2D eigenvalue weighted by Gasteiger charge is -2.24. The van der Waals surface area contributed by atoms with Crippen LogP contribution in [0.3, 0.4) is 0 Å². The molecule has 15 heavy (non-hydrogen) atoms. The highest BCUT2D eigenvalue weighted by atomic mass is 16.2. The van der Waals surface area contributed by atoms with E-state index in [9.17, 15) is 4.79 Å². The van der Waals surface area contributed by atoms with E-state index in [1.54, 1.807) is 0 Å². The van der Waals surface area contributed by atoms with Crippen LogP contribution in [0.1, 0.15) is 31.9 Å². The Morgan fingerprint density at radius 3 is 2.53 bits per heavy atom. The van der Waals surface area contributed by atoms with E-state index in [2.05, 4.69) is 26.0 Å². The first-order chi connectivity index (χ1) is 7.18. The summed E-state index contributed by atoms with van der Waals surface area (Å²) in [5.74, 6) is 0.794. The van der Waals surface area contributed by atoms with Gasteiger partial charge in [-0.15, -0.1) is 0 Å². The van der Waals surface area contributed by atoms with Crippen molar-refractivity contribution in [3.8, 4) is 0 Å². The van der Waals surface area contributed by atoms with Gasteiger partial charge in [-0.05, 0) is 18.4 Å². The molecular formula is C13H17NO. The lowest BCUT2D eigenvalue weighted by Crippen LogP contribution is -2.28. The lowest BCUT2D eigenvalue weighted by molar-refractivity contribution is -0.129. The number of carbonyl (C=O) groups is 1. The van der Waals surface area contributed by atoms with Crippen LogP contribution in [0, 0.1) is 5.92 Å². The maximum Gasteiger partial charge on any atom is 0.223 e. The molecule has 0 aromatic heterocycles. The van der Waals surface area contributed by atoms with E-state index in [0.29, 0.717) is 18.2 Å². The number of hydrogen-bond acceptors (Lipinski definition) is 1. The van der Waals surface area contributed by atoms with Gasteiger partial charge in [-0.25, -0.2) is 0 Å². The summed E-state index contributed by atoms with van der Waals surface area (Å²) in [5.41, 5.74) is 1.22. The Morgan fingerprint density at radius 1 is 1.33 bits per heavy atom. The molecule has 1 fully saturated rings. The zero-order valence-corrected chi connectivity index (χ0v) is 9.31. The van der Waals surface area contributed by atoms with Gasteiger partial charge in [0, 0.05) is 13.0 Å². The number of rotatable bonds is 2. The third-order valence-corrected chi connectivity index (χ3v) is 3.10. The van der Waals surface area contributed by atoms with Crippen molar-refractivity contribution in [1.82, 2.24) is 4.90 Å². The molecule has 1 aliphatic heterocycles. The molecule has 1 aromatic rings. The van der Waals surface area contributed by atoms with Gasteiger partial charge >= 0.3 is 0 Å². The number of hydrogen-bond donors (Lipinski definition) is 0. The minimum Gasteiger partial charge on any atom is -0.336 e. The molecule has 0 unspecified atom stereocenters. The third-order valence-electron chi connectivity index (χ3n) is 3.10. The van der Waals surface area contributed by atoms with Gasteiger partial charge in [0.25, 0.3) is 0 Å². The average Bonchev–Trinajstić information content (AvgIpc) is 2.58. The fourth-order valence-electron chi connectivity index (χ4n) is 2.20. The standard InChI is InChI=1S/C13H17NO/c1-10-8-13(15)14(9-10)11(2)12-6-4-3-5-7-12/h3-7,10-11H,8-9H2,1-2H3/t10-,11-/m1/s1. The van der Waals surface area contributed by atoms with Crippen molar-refractivity contribution >= 4 is 5.91 Å². The van der Waals surface area contributed by atoms with Gasteiger partial charge in [-0.3, -0.25) is 4.79 Å². The van der Waals surface area contributed by atoms with Crippen LogP contribution >= 0.6 is 0 Å². The molecule has 1 aromatic carbocycles. The van der Waals surface area contributed by atoms with Crippen LogP contribution < -0.4 is 0 Å². The first-order valence-corrected chi connectivity index (χ1v) is 5.53. The molecule has 1 heterocycles. The predicted molar refractivity (Wildman–Crippen MR) is 60.4 cm³/mol. The lowest BCUT2D eigenvalue weighted by atomic mass is 10.1. The van der Waals surface area contributed by atoms with Gasteiger partial charge in [-0.1, -0.05) is 37.3 Å². The number of nitrogens with zero attached hydrogens (tertiary/aromatic N) is 1. The molecule has 80 valence electrons. The number of likely N-dealkylation sites (tertiary alicyclic amines) is 1. The summed E-state index contributed by atoms with van der Waals surface area (Å²) in [6.45, 7) is 5.13. The molecule has 0 aliphatic carbocycles. The van der Waals surface area contributed by atoms with Gasteiger partial charge in [0.05, 0.1) is 6.04 Å². The highest BCUT2D eigenvalue weighted by molar-refractivity contribution is 5.79. The van der Waals surface area contributed by atoms with Crippen molar-refractivity contribution in [2.24, 2.45) is 5.92 Å². The SMILES string of the molecule is C[C@@H]1CC(=O)N([C@H](C)c2ccccc2)C1. The molecule has 2 atom stereocenters. The van der Waals surface area contributed by atoms with Crippen molar-refractivity contribution in [3.63, 3.8) is 0 Å². The Labute approximate surface area is 90.9 Å². The van der Waals surface area contributed by atoms with Gasteiger partial charge < -0.3 is 4.90 Å². The first-order valence-electron chi connectivity index (χ1n) is 5.53. The molecule has 0 spiro atoms. The molecule has 2 heteroatoms. The Hall–Kier alpha value is -1.31. The molecule has 0 radical (unpaired) electrons. The van der Waals surface area contributed by atoms with Crippen LogP contribution in [0.5, 0.6) is 0 Å². The Morgan fingerprint density at radius 2 is 2.00 bits per heavy atom. The molecule has 1 saturated heterocycles. The fourth-order valence-corrected chi connectivity index (χ4v) is 2.20. The van der Waals surface area contributed by atoms with E-state index in [1.807, 2.05) is 23.1 Å². The van der Waals surface area contributed by atoms with Crippen molar-refractivity contribution in [1.29, 1.82) is 0 Å². The maximum atomic E-state index is 11.7. The Bertz CT molecular complexity index is 347. The molecule has 0 saturated carbocycles. The second kappa shape index (κ2) is 4.05. The smallest absolute Gasteiger partial charge is 0.223 e. The van der Waals surface area contributed by atoms with Gasteiger partial charge in [0.15, 0.2) is 0 Å². The maximum absolute atomic E-state index is 11.7. The van der Waals surface area contributed by atoms with E-state index >= 15 is 0 Å². The van der Waals surface area contributed by atoms with Crippen molar-refractivity contribution < 1.29 is 4.79 Å². The van der Waals surface area contributed by atoms with Crippen LogP contribution in [0.25, 0.3) is 0 Å². The quantitative estimate of drug-likeness (QED) is 0.723. The minimum absolute atomic E-state index is 0.212. The zero-order valence-electron chi connectivity index (χ0n) is 9.31. The molecular weight excluding hydrogens is 186 g/mol. The second-order valence-corrected chi connectivity index (χ2v) is 4.44. The minimum atomic E-state index is 0.212. The van der Waals surface area contributed by atoms with Crippen LogP contribution in [0.4, 0.5) is 0 Å². The van der Waals surface area contributed by atoms with Gasteiger partial charge in [0.2, 0.25) is 5.91 Å². The Kier molecular flexibility index (Phi) is 2.76. The number of benzene rings is 1. The summed E-state index contributed by atoms with van der Waals surface area (Å²) in [5, 5.41) is 0. The fraction of sp³-hybridized carbons (Fsp3) is 0.462. The zero-order chi connectivity index (χ0) is 10.8. The largest absolute Gasteiger partial charge is 0.336 e. The van der Waals surface area contributed by atoms with E-state index in [0.717, 1.165) is 6.54 Å². The van der Waals surface area contributed by atoms with Crippen molar-refractivity contribution in [2.45, 2.75) is 26.3 Å². The van der Waals surface area contributed by atoms with Crippen LogP contribution in [-0.2, 0) is 4.79 Å². The van der Waals surface area contributed by atoms with E-state index in [-0.39, 0.29) is 6.04 Å². The third kappa shape index (κ3) is 2.04. The summed E-state index contributed by atoms with van der Waals surface area (Å²) in [6, 6.07) is 10.4. The van der Waals surface area contributed by atoms with E-state index < -0.39 is 0 Å². The van der Waals surface area contributed by atoms with E-state index in [4.69, 9.17) is 0 Å². The molecule has 2 rings (SSSR count). The molecule has 0 bridgehead atoms. The van der Waals surface area contributed by atoms with Gasteiger partial charge in [0.1, 0.15) is 0 Å². The van der Waals surface area contributed by atoms with E-state index in [1.165, 1.54) is 5.56 Å². The summed E-state index contributed by atoms with van der Waals surface area (Å²) in [6.07, 6.45) is 0.706. The normalized spacial score (nSPS) is 23.2. The first kappa shape index (κ1) is 10.2. The monoisotopic (exact) mass is 203 g/mol. The summed E-state index contributed by atoms with van der Waals surface area (Å²) >= 11 is 0. The average molecular weight is 203 g/mol. The summed E-state index contributed by atoms with van der Waals surface area (Å²) in [4.78, 5) is 13.7. The van der Waals surface area contributed by atoms with Crippen LogP contribution in [-0.4, -0.2) is 17.4 Å². The summed E-state index contributed by atoms with van der Waals surface area (Å²) < 4.78 is 0. The predicted octanol–water partition coefficient (Wildman–Crippen LogP) is 2.62. The van der Waals surface area contributed by atoms with Crippen molar-refractivity contribution in [2.75, 3.05) is 6.54 Å². The Balaban J connectivity index is 2.15. The molecule has 1 amide bonds. The van der Waals surface area contributed by atoms with Crippen LogP contribution in [0.15, 0.2) is 30.3 Å². The van der Waals surface area contributed by atoms with Crippen molar-refractivity contribution in [3.05, 3.63) is 35.9 Å². The molecule has 1 aliphatic rings. The highest BCUT2D eigenvalue weighted by Gasteiger charge is 2.30.